The molecule has 0 saturated carbocycles. The van der Waals surface area contributed by atoms with Gasteiger partial charge in [0, 0.05) is 6.20 Å². The predicted octanol–water partition coefficient (Wildman–Crippen LogP) is 1.50. The number of nitrogens with two attached hydrogens (primary N) is 1. The van der Waals surface area contributed by atoms with Gasteiger partial charge in [-0.15, -0.1) is 0 Å². The molecule has 0 amide bonds. The number of H-pyrrole nitrogens is 1. The average Bonchev–Trinajstić information content (AvgIpc) is 2.31. The van der Waals surface area contributed by atoms with Gasteiger partial charge in [-0.2, -0.15) is 4.98 Å². The third-order valence-corrected chi connectivity index (χ3v) is 1.90. The van der Waals surface area contributed by atoms with Crippen LogP contribution in [0.4, 0.5) is 5.82 Å². The fourth-order valence-corrected chi connectivity index (χ4v) is 1.37. The molecule has 0 aromatic carbocycles. The van der Waals surface area contributed by atoms with Crippen LogP contribution in [0, 0.1) is 6.92 Å². The summed E-state index contributed by atoms with van der Waals surface area (Å²) < 4.78 is 0. The lowest BCUT2D eigenvalue weighted by Crippen LogP contribution is -1.94. The van der Waals surface area contributed by atoms with Crippen molar-refractivity contribution < 1.29 is 0 Å². The Hall–Kier alpha value is -1.29. The highest BCUT2D eigenvalue weighted by Gasteiger charge is 2.06. The molecule has 0 bridgehead atoms. The molecule has 5 heteroatoms. The largest absolute Gasteiger partial charge is 0.383 e. The molecule has 0 aliphatic rings. The fraction of sp³-hybridized carbons (Fsp3) is 0.143. The zero-order valence-corrected chi connectivity index (χ0v) is 7.18. The van der Waals surface area contributed by atoms with Crippen molar-refractivity contribution in [1.82, 2.24) is 15.0 Å². The summed E-state index contributed by atoms with van der Waals surface area (Å²) in [5.41, 5.74) is 7.36. The zero-order valence-electron chi connectivity index (χ0n) is 6.43. The van der Waals surface area contributed by atoms with Gasteiger partial charge in [-0.3, -0.25) is 0 Å². The van der Waals surface area contributed by atoms with Crippen molar-refractivity contribution in [3.63, 3.8) is 0 Å². The van der Waals surface area contributed by atoms with Crippen molar-refractivity contribution in [3.05, 3.63) is 17.0 Å². The highest BCUT2D eigenvalue weighted by atomic mass is 35.5. The lowest BCUT2D eigenvalue weighted by Gasteiger charge is -1.96. The minimum absolute atomic E-state index is 0.168. The van der Waals surface area contributed by atoms with Crippen LogP contribution in [0.25, 0.3) is 11.0 Å². The van der Waals surface area contributed by atoms with Gasteiger partial charge in [0.25, 0.3) is 0 Å². The number of hydrogen-bond acceptors (Lipinski definition) is 3. The molecule has 2 aromatic rings. The summed E-state index contributed by atoms with van der Waals surface area (Å²) in [6.45, 7) is 1.94. The maximum Gasteiger partial charge on any atom is 0.226 e. The van der Waals surface area contributed by atoms with E-state index in [1.807, 2.05) is 13.1 Å². The number of hydrogen-bond donors (Lipinski definition) is 2. The van der Waals surface area contributed by atoms with E-state index >= 15 is 0 Å². The van der Waals surface area contributed by atoms with E-state index in [-0.39, 0.29) is 5.28 Å². The summed E-state index contributed by atoms with van der Waals surface area (Å²) in [4.78, 5) is 10.8. The van der Waals surface area contributed by atoms with Crippen molar-refractivity contribution in [2.24, 2.45) is 0 Å². The maximum atomic E-state index is 5.65. The first kappa shape index (κ1) is 7.36. The Bertz CT molecular complexity index is 434. The minimum atomic E-state index is 0.168. The van der Waals surface area contributed by atoms with E-state index in [4.69, 9.17) is 17.3 Å². The van der Waals surface area contributed by atoms with E-state index in [0.717, 1.165) is 10.9 Å². The quantitative estimate of drug-likeness (QED) is 0.607. The molecule has 0 unspecified atom stereocenters. The van der Waals surface area contributed by atoms with Gasteiger partial charge in [0.2, 0.25) is 5.28 Å². The van der Waals surface area contributed by atoms with Crippen LogP contribution in [0.1, 0.15) is 5.56 Å². The van der Waals surface area contributed by atoms with Crippen molar-refractivity contribution in [2.75, 3.05) is 5.73 Å². The minimum Gasteiger partial charge on any atom is -0.383 e. The molecule has 3 N–H and O–H groups in total. The highest BCUT2D eigenvalue weighted by molar-refractivity contribution is 6.28. The van der Waals surface area contributed by atoms with Gasteiger partial charge in [-0.25, -0.2) is 4.98 Å². The Balaban J connectivity index is 2.93. The number of aryl methyl sites for hydroxylation is 1. The molecule has 0 atom stereocenters. The molecule has 12 heavy (non-hydrogen) atoms. The molecular weight excluding hydrogens is 176 g/mol. The number of nitrogens with one attached hydrogen (secondary N) is 1. The van der Waals surface area contributed by atoms with Crippen LogP contribution in [0.5, 0.6) is 0 Å². The number of aromatic amines is 1. The maximum absolute atomic E-state index is 5.65. The van der Waals surface area contributed by atoms with E-state index in [2.05, 4.69) is 15.0 Å². The number of fused-ring (bicyclic) bond motifs is 1. The van der Waals surface area contributed by atoms with Crippen molar-refractivity contribution >= 4 is 28.5 Å². The normalized spacial score (nSPS) is 10.8. The van der Waals surface area contributed by atoms with Gasteiger partial charge in [0.05, 0.1) is 5.39 Å². The van der Waals surface area contributed by atoms with Crippen LogP contribution >= 0.6 is 11.6 Å². The second-order valence-electron chi connectivity index (χ2n) is 2.57. The number of rotatable bonds is 0. The van der Waals surface area contributed by atoms with Gasteiger partial charge in [0.1, 0.15) is 11.5 Å². The monoisotopic (exact) mass is 182 g/mol. The summed E-state index contributed by atoms with van der Waals surface area (Å²) in [7, 11) is 0. The van der Waals surface area contributed by atoms with Crippen LogP contribution in [0.3, 0.4) is 0 Å². The van der Waals surface area contributed by atoms with E-state index in [9.17, 15) is 0 Å². The molecule has 0 spiro atoms. The number of halogens is 1. The number of nitrogens with zero attached hydrogens (tertiary/aromatic N) is 2. The summed E-state index contributed by atoms with van der Waals surface area (Å²) in [6, 6.07) is 0. The van der Waals surface area contributed by atoms with E-state index < -0.39 is 0 Å². The Morgan fingerprint density at radius 2 is 2.25 bits per heavy atom. The molecule has 2 aromatic heterocycles. The lowest BCUT2D eigenvalue weighted by atomic mass is 10.2. The molecular formula is C7H7ClN4. The number of nitrogen functional groups attached to an aromatic ring is 1. The Morgan fingerprint density at radius 3 is 3.00 bits per heavy atom. The SMILES string of the molecule is Cc1c[nH]c2nc(Cl)nc(N)c12. The smallest absolute Gasteiger partial charge is 0.226 e. The van der Waals surface area contributed by atoms with Gasteiger partial charge in [-0.1, -0.05) is 0 Å². The van der Waals surface area contributed by atoms with Crippen molar-refractivity contribution in [1.29, 1.82) is 0 Å². The molecule has 0 aliphatic carbocycles. The van der Waals surface area contributed by atoms with Crippen LogP contribution < -0.4 is 5.73 Å². The standard InChI is InChI=1S/C7H7ClN4/c1-3-2-10-6-4(3)5(9)11-7(8)12-6/h2H,1H3,(H3,9,10,11,12). The molecule has 0 radical (unpaired) electrons. The van der Waals surface area contributed by atoms with Crippen LogP contribution in [-0.4, -0.2) is 15.0 Å². The Kier molecular flexibility index (Phi) is 1.44. The van der Waals surface area contributed by atoms with Gasteiger partial charge < -0.3 is 10.7 Å². The highest BCUT2D eigenvalue weighted by Crippen LogP contribution is 2.21. The third-order valence-electron chi connectivity index (χ3n) is 1.73. The first-order valence-electron chi connectivity index (χ1n) is 3.45. The second kappa shape index (κ2) is 2.35. The summed E-state index contributed by atoms with van der Waals surface area (Å²) >= 11 is 5.61. The fourth-order valence-electron chi connectivity index (χ4n) is 1.19. The van der Waals surface area contributed by atoms with Crippen LogP contribution in [0.15, 0.2) is 6.20 Å². The van der Waals surface area contributed by atoms with E-state index in [0.29, 0.717) is 11.5 Å². The Labute approximate surface area is 73.8 Å². The first-order chi connectivity index (χ1) is 5.68. The van der Waals surface area contributed by atoms with E-state index in [1.165, 1.54) is 0 Å². The molecule has 62 valence electrons. The summed E-state index contributed by atoms with van der Waals surface area (Å²) in [5.74, 6) is 0.420. The molecule has 0 aliphatic heterocycles. The first-order valence-corrected chi connectivity index (χ1v) is 3.83. The summed E-state index contributed by atoms with van der Waals surface area (Å²) in [5, 5.41) is 1.02. The van der Waals surface area contributed by atoms with Crippen molar-refractivity contribution in [3.8, 4) is 0 Å². The second-order valence-corrected chi connectivity index (χ2v) is 2.91. The van der Waals surface area contributed by atoms with Gasteiger partial charge in [-0.05, 0) is 24.1 Å². The summed E-state index contributed by atoms with van der Waals surface area (Å²) in [6.07, 6.45) is 1.83. The van der Waals surface area contributed by atoms with Crippen LogP contribution in [0.2, 0.25) is 5.28 Å². The lowest BCUT2D eigenvalue weighted by molar-refractivity contribution is 1.21. The Morgan fingerprint density at radius 1 is 1.50 bits per heavy atom. The molecule has 2 heterocycles. The number of aromatic nitrogens is 3. The van der Waals surface area contributed by atoms with Crippen LogP contribution in [-0.2, 0) is 0 Å². The zero-order chi connectivity index (χ0) is 8.72. The topological polar surface area (TPSA) is 67.6 Å². The molecule has 0 saturated heterocycles. The third kappa shape index (κ3) is 0.921. The van der Waals surface area contributed by atoms with Crippen molar-refractivity contribution in [2.45, 2.75) is 6.92 Å². The van der Waals surface area contributed by atoms with Gasteiger partial charge in [0.15, 0.2) is 0 Å². The van der Waals surface area contributed by atoms with E-state index in [1.54, 1.807) is 0 Å². The molecule has 0 fully saturated rings. The molecule has 2 rings (SSSR count). The van der Waals surface area contributed by atoms with Gasteiger partial charge >= 0.3 is 0 Å². The molecule has 4 nitrogen and oxygen atoms in total. The predicted molar refractivity (Wildman–Crippen MR) is 48.0 cm³/mol. The number of anilines is 1. The average molecular weight is 183 g/mol.